The lowest BCUT2D eigenvalue weighted by molar-refractivity contribution is -0.135. The second-order valence-corrected chi connectivity index (χ2v) is 5.97. The number of carbonyl (C=O) groups excluding carboxylic acids is 3. The van der Waals surface area contributed by atoms with Crippen LogP contribution >= 0.6 is 0 Å². The molecule has 6 nitrogen and oxygen atoms in total. The van der Waals surface area contributed by atoms with Crippen LogP contribution in [0, 0.1) is 5.92 Å². The summed E-state index contributed by atoms with van der Waals surface area (Å²) in [5.41, 5.74) is -0.899. The van der Waals surface area contributed by atoms with Crippen molar-refractivity contribution in [3.05, 3.63) is 0 Å². The van der Waals surface area contributed by atoms with Gasteiger partial charge in [0.25, 0.3) is 5.91 Å². The summed E-state index contributed by atoms with van der Waals surface area (Å²) in [5.74, 6) is -0.379. The molecule has 0 aromatic rings. The molecule has 1 fully saturated rings. The zero-order valence-corrected chi connectivity index (χ0v) is 12.2. The van der Waals surface area contributed by atoms with E-state index in [-0.39, 0.29) is 30.3 Å². The fourth-order valence-electron chi connectivity index (χ4n) is 2.36. The molecule has 0 saturated carbocycles. The molecule has 108 valence electrons. The van der Waals surface area contributed by atoms with E-state index in [9.17, 15) is 14.4 Å². The van der Waals surface area contributed by atoms with E-state index in [2.05, 4.69) is 10.6 Å². The molecule has 19 heavy (non-hydrogen) atoms. The van der Waals surface area contributed by atoms with Crippen LogP contribution in [0.5, 0.6) is 0 Å². The quantitative estimate of drug-likeness (QED) is 0.727. The molecule has 1 heterocycles. The number of amides is 4. The Morgan fingerprint density at radius 3 is 2.37 bits per heavy atom. The maximum Gasteiger partial charge on any atom is 0.325 e. The summed E-state index contributed by atoms with van der Waals surface area (Å²) >= 11 is 0. The third kappa shape index (κ3) is 3.68. The van der Waals surface area contributed by atoms with Gasteiger partial charge in [0.15, 0.2) is 0 Å². The van der Waals surface area contributed by atoms with Gasteiger partial charge in [0.1, 0.15) is 12.1 Å². The summed E-state index contributed by atoms with van der Waals surface area (Å²) in [4.78, 5) is 36.7. The third-order valence-electron chi connectivity index (χ3n) is 2.91. The lowest BCUT2D eigenvalue weighted by Crippen LogP contribution is -2.46. The van der Waals surface area contributed by atoms with Crippen molar-refractivity contribution in [2.24, 2.45) is 5.92 Å². The predicted molar refractivity (Wildman–Crippen MR) is 71.4 cm³/mol. The van der Waals surface area contributed by atoms with Gasteiger partial charge in [-0.2, -0.15) is 0 Å². The Balaban J connectivity index is 2.74. The molecule has 2 N–H and O–H groups in total. The van der Waals surface area contributed by atoms with Gasteiger partial charge in [0.2, 0.25) is 5.91 Å². The summed E-state index contributed by atoms with van der Waals surface area (Å²) in [6.07, 6.45) is 0.555. The van der Waals surface area contributed by atoms with Gasteiger partial charge in [-0.1, -0.05) is 13.8 Å². The lowest BCUT2D eigenvalue weighted by Gasteiger charge is -2.23. The summed E-state index contributed by atoms with van der Waals surface area (Å²) in [6, 6.07) is -0.512. The molecule has 0 bridgehead atoms. The van der Waals surface area contributed by atoms with Crippen molar-refractivity contribution in [1.29, 1.82) is 0 Å². The number of nitrogens with one attached hydrogen (secondary N) is 2. The van der Waals surface area contributed by atoms with Gasteiger partial charge in [-0.25, -0.2) is 4.79 Å². The predicted octanol–water partition coefficient (Wildman–Crippen LogP) is 0.868. The van der Waals surface area contributed by atoms with Gasteiger partial charge in [-0.3, -0.25) is 14.5 Å². The number of hydrogen-bond donors (Lipinski definition) is 2. The molecule has 0 aliphatic carbocycles. The molecule has 0 aromatic carbocycles. The lowest BCUT2D eigenvalue weighted by atomic mass is 9.91. The van der Waals surface area contributed by atoms with Crippen molar-refractivity contribution < 1.29 is 14.4 Å². The van der Waals surface area contributed by atoms with Gasteiger partial charge < -0.3 is 10.6 Å². The van der Waals surface area contributed by atoms with Gasteiger partial charge in [0, 0.05) is 6.04 Å². The van der Waals surface area contributed by atoms with Gasteiger partial charge in [-0.05, 0) is 33.1 Å². The molecular weight excluding hydrogens is 246 g/mol. The number of nitrogens with zero attached hydrogens (tertiary/aromatic N) is 1. The van der Waals surface area contributed by atoms with Crippen molar-refractivity contribution in [1.82, 2.24) is 15.5 Å². The Bertz CT molecular complexity index is 393. The first kappa shape index (κ1) is 15.5. The van der Waals surface area contributed by atoms with Crippen LogP contribution in [0.15, 0.2) is 0 Å². The number of urea groups is 1. The summed E-state index contributed by atoms with van der Waals surface area (Å²) in [5, 5.41) is 5.34. The Kier molecular flexibility index (Phi) is 4.55. The monoisotopic (exact) mass is 269 g/mol. The van der Waals surface area contributed by atoms with Crippen molar-refractivity contribution in [2.45, 2.75) is 52.6 Å². The maximum atomic E-state index is 12.3. The first-order valence-electron chi connectivity index (χ1n) is 6.59. The van der Waals surface area contributed by atoms with Gasteiger partial charge in [-0.15, -0.1) is 0 Å². The SMILES string of the molecule is CC(C)CC1(C)NC(=O)N(CC(=O)NC(C)C)C1=O. The Hall–Kier alpha value is -1.59. The Morgan fingerprint density at radius 1 is 1.32 bits per heavy atom. The number of rotatable bonds is 5. The molecule has 1 unspecified atom stereocenters. The number of carbonyl (C=O) groups is 3. The second kappa shape index (κ2) is 5.59. The minimum atomic E-state index is -0.899. The summed E-state index contributed by atoms with van der Waals surface area (Å²) < 4.78 is 0. The van der Waals surface area contributed by atoms with E-state index in [4.69, 9.17) is 0 Å². The highest BCUT2D eigenvalue weighted by Crippen LogP contribution is 2.24. The highest BCUT2D eigenvalue weighted by molar-refractivity contribution is 6.08. The average molecular weight is 269 g/mol. The molecule has 1 atom stereocenters. The van der Waals surface area contributed by atoms with Crippen molar-refractivity contribution in [2.75, 3.05) is 6.54 Å². The van der Waals surface area contributed by atoms with Crippen LogP contribution in [0.1, 0.15) is 41.0 Å². The highest BCUT2D eigenvalue weighted by atomic mass is 16.2. The van der Waals surface area contributed by atoms with Crippen LogP contribution in [-0.2, 0) is 9.59 Å². The molecule has 0 radical (unpaired) electrons. The van der Waals surface area contributed by atoms with E-state index in [1.807, 2.05) is 27.7 Å². The zero-order chi connectivity index (χ0) is 14.8. The Labute approximate surface area is 113 Å². The number of imide groups is 1. The normalized spacial score (nSPS) is 23.2. The minimum Gasteiger partial charge on any atom is -0.352 e. The smallest absolute Gasteiger partial charge is 0.325 e. The van der Waals surface area contributed by atoms with E-state index < -0.39 is 11.6 Å². The fourth-order valence-corrected chi connectivity index (χ4v) is 2.36. The van der Waals surface area contributed by atoms with Gasteiger partial charge >= 0.3 is 6.03 Å². The van der Waals surface area contributed by atoms with Crippen molar-refractivity contribution >= 4 is 17.8 Å². The molecule has 1 saturated heterocycles. The van der Waals surface area contributed by atoms with E-state index in [0.717, 1.165) is 4.90 Å². The standard InChI is InChI=1S/C13H23N3O3/c1-8(2)6-13(5)11(18)16(12(19)15-13)7-10(17)14-9(3)4/h8-9H,6-7H2,1-5H3,(H,14,17)(H,15,19). The summed E-state index contributed by atoms with van der Waals surface area (Å²) in [7, 11) is 0. The average Bonchev–Trinajstić information content (AvgIpc) is 2.39. The number of hydrogen-bond acceptors (Lipinski definition) is 3. The molecule has 1 aliphatic rings. The van der Waals surface area contributed by atoms with Crippen LogP contribution in [0.2, 0.25) is 0 Å². The second-order valence-electron chi connectivity index (χ2n) is 5.97. The topological polar surface area (TPSA) is 78.5 Å². The zero-order valence-electron chi connectivity index (χ0n) is 12.2. The van der Waals surface area contributed by atoms with E-state index >= 15 is 0 Å². The van der Waals surface area contributed by atoms with Crippen molar-refractivity contribution in [3.8, 4) is 0 Å². The molecule has 1 rings (SSSR count). The fraction of sp³-hybridized carbons (Fsp3) is 0.769. The third-order valence-corrected chi connectivity index (χ3v) is 2.91. The van der Waals surface area contributed by atoms with Crippen LogP contribution < -0.4 is 10.6 Å². The molecular formula is C13H23N3O3. The van der Waals surface area contributed by atoms with Crippen LogP contribution in [0.25, 0.3) is 0 Å². The van der Waals surface area contributed by atoms with Crippen LogP contribution in [0.4, 0.5) is 4.79 Å². The van der Waals surface area contributed by atoms with Gasteiger partial charge in [0.05, 0.1) is 0 Å². The maximum absolute atomic E-state index is 12.3. The van der Waals surface area contributed by atoms with Crippen LogP contribution in [0.3, 0.4) is 0 Å². The Morgan fingerprint density at radius 2 is 1.89 bits per heavy atom. The minimum absolute atomic E-state index is 0.0182. The van der Waals surface area contributed by atoms with Crippen molar-refractivity contribution in [3.63, 3.8) is 0 Å². The van der Waals surface area contributed by atoms with E-state index in [1.54, 1.807) is 6.92 Å². The molecule has 0 aromatic heterocycles. The largest absolute Gasteiger partial charge is 0.352 e. The molecule has 4 amide bonds. The van der Waals surface area contributed by atoms with Crippen LogP contribution in [-0.4, -0.2) is 40.9 Å². The first-order valence-corrected chi connectivity index (χ1v) is 6.59. The summed E-state index contributed by atoms with van der Waals surface area (Å²) in [6.45, 7) is 9.10. The highest BCUT2D eigenvalue weighted by Gasteiger charge is 2.48. The first-order chi connectivity index (χ1) is 8.65. The van der Waals surface area contributed by atoms with E-state index in [1.165, 1.54) is 0 Å². The molecule has 0 spiro atoms. The molecule has 1 aliphatic heterocycles. The molecule has 6 heteroatoms. The van der Waals surface area contributed by atoms with E-state index in [0.29, 0.717) is 6.42 Å².